The summed E-state index contributed by atoms with van der Waals surface area (Å²) in [6, 6.07) is 0. The molecule has 0 spiro atoms. The molecule has 0 aliphatic rings. The van der Waals surface area contributed by atoms with Crippen LogP contribution < -0.4 is 0 Å². The van der Waals surface area contributed by atoms with E-state index in [2.05, 4.69) is 20.8 Å². The molecule has 80 valence electrons. The van der Waals surface area contributed by atoms with Crippen molar-refractivity contribution < 1.29 is 13.3 Å². The molecular weight excluding hydrogens is 184 g/mol. The van der Waals surface area contributed by atoms with Crippen molar-refractivity contribution in [1.29, 1.82) is 0 Å². The first kappa shape index (κ1) is 13.1. The third-order valence-corrected chi connectivity index (χ3v) is 5.50. The average molecular weight is 206 g/mol. The topological polar surface area (TPSA) is 27.7 Å². The van der Waals surface area contributed by atoms with Crippen LogP contribution in [0.15, 0.2) is 0 Å². The van der Waals surface area contributed by atoms with E-state index >= 15 is 0 Å². The van der Waals surface area contributed by atoms with Crippen molar-refractivity contribution in [3.63, 3.8) is 0 Å². The highest BCUT2D eigenvalue weighted by atomic mass is 28.4. The van der Waals surface area contributed by atoms with Gasteiger partial charge in [-0.2, -0.15) is 0 Å². The first-order chi connectivity index (χ1) is 6.02. The number of rotatable bonds is 6. The number of hydrogen-bond donors (Lipinski definition) is 0. The van der Waals surface area contributed by atoms with E-state index in [1.807, 2.05) is 6.92 Å². The second kappa shape index (κ2) is 5.75. The van der Waals surface area contributed by atoms with E-state index in [9.17, 15) is 0 Å². The van der Waals surface area contributed by atoms with Crippen LogP contribution in [-0.4, -0.2) is 29.1 Å². The van der Waals surface area contributed by atoms with Crippen molar-refractivity contribution in [2.75, 3.05) is 14.2 Å². The standard InChI is InChI=1S/C9H22O3Si/c1-7-9(4)12-13(10-5,11-6)8(2)3/h8-9H,7H2,1-6H3. The van der Waals surface area contributed by atoms with Crippen LogP contribution in [0.25, 0.3) is 0 Å². The smallest absolute Gasteiger partial charge is 0.377 e. The molecule has 0 N–H and O–H groups in total. The van der Waals surface area contributed by atoms with Crippen LogP contribution in [0, 0.1) is 0 Å². The monoisotopic (exact) mass is 206 g/mol. The zero-order valence-corrected chi connectivity index (χ0v) is 10.6. The van der Waals surface area contributed by atoms with Gasteiger partial charge < -0.3 is 13.3 Å². The van der Waals surface area contributed by atoms with Gasteiger partial charge in [-0.1, -0.05) is 20.8 Å². The second-order valence-electron chi connectivity index (χ2n) is 3.50. The first-order valence-corrected chi connectivity index (χ1v) is 6.60. The SMILES string of the molecule is CCC(C)O[Si](OC)(OC)C(C)C. The largest absolute Gasteiger partial charge is 0.503 e. The van der Waals surface area contributed by atoms with Gasteiger partial charge in [-0.05, 0) is 13.3 Å². The zero-order valence-electron chi connectivity index (χ0n) is 9.59. The van der Waals surface area contributed by atoms with E-state index in [1.165, 1.54) is 0 Å². The third-order valence-electron chi connectivity index (χ3n) is 2.22. The molecule has 0 saturated heterocycles. The predicted molar refractivity (Wildman–Crippen MR) is 55.7 cm³/mol. The summed E-state index contributed by atoms with van der Waals surface area (Å²) < 4.78 is 16.7. The maximum atomic E-state index is 5.84. The van der Waals surface area contributed by atoms with E-state index in [1.54, 1.807) is 14.2 Å². The molecule has 0 bridgehead atoms. The normalized spacial score (nSPS) is 15.0. The molecule has 13 heavy (non-hydrogen) atoms. The van der Waals surface area contributed by atoms with Gasteiger partial charge in [0.05, 0.1) is 0 Å². The summed E-state index contributed by atoms with van der Waals surface area (Å²) in [6.07, 6.45) is 1.18. The fraction of sp³-hybridized carbons (Fsp3) is 1.00. The van der Waals surface area contributed by atoms with Gasteiger partial charge in [-0.15, -0.1) is 0 Å². The number of hydrogen-bond acceptors (Lipinski definition) is 3. The summed E-state index contributed by atoms with van der Waals surface area (Å²) in [7, 11) is 0.925. The summed E-state index contributed by atoms with van der Waals surface area (Å²) in [5, 5.41) is 0. The minimum absolute atomic E-state index is 0.203. The Morgan fingerprint density at radius 2 is 1.54 bits per heavy atom. The molecule has 0 aliphatic heterocycles. The fourth-order valence-electron chi connectivity index (χ4n) is 1.15. The molecule has 0 aromatic heterocycles. The zero-order chi connectivity index (χ0) is 10.5. The fourth-order valence-corrected chi connectivity index (χ4v) is 3.45. The van der Waals surface area contributed by atoms with E-state index in [-0.39, 0.29) is 6.10 Å². The van der Waals surface area contributed by atoms with Gasteiger partial charge in [0.15, 0.2) is 0 Å². The summed E-state index contributed by atoms with van der Waals surface area (Å²) in [6.45, 7) is 8.28. The molecule has 0 heterocycles. The second-order valence-corrected chi connectivity index (χ2v) is 6.92. The van der Waals surface area contributed by atoms with E-state index < -0.39 is 8.80 Å². The molecule has 4 heteroatoms. The Balaban J connectivity index is 4.38. The summed E-state index contributed by atoms with van der Waals surface area (Å²) in [5.41, 5.74) is 0.302. The summed E-state index contributed by atoms with van der Waals surface area (Å²) >= 11 is 0. The Bertz CT molecular complexity index is 135. The first-order valence-electron chi connectivity index (χ1n) is 4.80. The quantitative estimate of drug-likeness (QED) is 0.625. The molecule has 0 saturated carbocycles. The van der Waals surface area contributed by atoms with Gasteiger partial charge in [0.2, 0.25) is 0 Å². The Morgan fingerprint density at radius 3 is 1.77 bits per heavy atom. The van der Waals surface area contributed by atoms with Crippen molar-refractivity contribution in [1.82, 2.24) is 0 Å². The van der Waals surface area contributed by atoms with Crippen LogP contribution in [0.1, 0.15) is 34.1 Å². The highest BCUT2D eigenvalue weighted by Crippen LogP contribution is 2.25. The lowest BCUT2D eigenvalue weighted by atomic mass is 10.3. The molecule has 3 nitrogen and oxygen atoms in total. The lowest BCUT2D eigenvalue weighted by Crippen LogP contribution is -2.48. The van der Waals surface area contributed by atoms with Crippen molar-refractivity contribution in [3.8, 4) is 0 Å². The molecule has 0 fully saturated rings. The molecule has 0 aromatic rings. The minimum Gasteiger partial charge on any atom is -0.377 e. The van der Waals surface area contributed by atoms with Gasteiger partial charge >= 0.3 is 8.80 Å². The molecule has 0 rings (SSSR count). The lowest BCUT2D eigenvalue weighted by Gasteiger charge is -2.32. The molecule has 0 aliphatic carbocycles. The van der Waals surface area contributed by atoms with Gasteiger partial charge in [-0.3, -0.25) is 0 Å². The Labute approximate surface area is 82.8 Å². The van der Waals surface area contributed by atoms with E-state index in [0.29, 0.717) is 5.54 Å². The molecular formula is C9H22O3Si. The minimum atomic E-state index is -2.40. The van der Waals surface area contributed by atoms with Crippen LogP contribution in [-0.2, 0) is 13.3 Å². The van der Waals surface area contributed by atoms with Crippen molar-refractivity contribution in [2.45, 2.75) is 45.8 Å². The molecule has 0 aromatic carbocycles. The van der Waals surface area contributed by atoms with E-state index in [0.717, 1.165) is 6.42 Å². The van der Waals surface area contributed by atoms with Crippen molar-refractivity contribution in [2.24, 2.45) is 0 Å². The van der Waals surface area contributed by atoms with Crippen molar-refractivity contribution in [3.05, 3.63) is 0 Å². The molecule has 0 radical (unpaired) electrons. The third kappa shape index (κ3) is 3.38. The van der Waals surface area contributed by atoms with Gasteiger partial charge in [0.1, 0.15) is 0 Å². The molecule has 1 unspecified atom stereocenters. The Hall–Kier alpha value is 0.0969. The Kier molecular flexibility index (Phi) is 5.79. The van der Waals surface area contributed by atoms with Gasteiger partial charge in [0.25, 0.3) is 0 Å². The highest BCUT2D eigenvalue weighted by Gasteiger charge is 2.44. The van der Waals surface area contributed by atoms with Crippen LogP contribution >= 0.6 is 0 Å². The van der Waals surface area contributed by atoms with Gasteiger partial charge in [0, 0.05) is 25.9 Å². The van der Waals surface area contributed by atoms with Crippen LogP contribution in [0.2, 0.25) is 5.54 Å². The Morgan fingerprint density at radius 1 is 1.08 bits per heavy atom. The molecule has 1 atom stereocenters. The van der Waals surface area contributed by atoms with Crippen molar-refractivity contribution >= 4 is 8.80 Å². The van der Waals surface area contributed by atoms with Crippen LogP contribution in [0.5, 0.6) is 0 Å². The van der Waals surface area contributed by atoms with Crippen LogP contribution in [0.3, 0.4) is 0 Å². The average Bonchev–Trinajstić information content (AvgIpc) is 2.13. The van der Waals surface area contributed by atoms with E-state index in [4.69, 9.17) is 13.3 Å². The maximum Gasteiger partial charge on any atom is 0.503 e. The summed E-state index contributed by atoms with van der Waals surface area (Å²) in [5.74, 6) is 0. The summed E-state index contributed by atoms with van der Waals surface area (Å²) in [4.78, 5) is 0. The maximum absolute atomic E-state index is 5.84. The highest BCUT2D eigenvalue weighted by molar-refractivity contribution is 6.62. The lowest BCUT2D eigenvalue weighted by molar-refractivity contribution is 0.0546. The predicted octanol–water partition coefficient (Wildman–Crippen LogP) is 2.44. The molecule has 0 amide bonds. The van der Waals surface area contributed by atoms with Crippen LogP contribution in [0.4, 0.5) is 0 Å². The van der Waals surface area contributed by atoms with Gasteiger partial charge in [-0.25, -0.2) is 0 Å².